The summed E-state index contributed by atoms with van der Waals surface area (Å²) >= 11 is 0. The van der Waals surface area contributed by atoms with Gasteiger partial charge in [0.15, 0.2) is 22.4 Å². The minimum Gasteiger partial charge on any atom is -0.508 e. The van der Waals surface area contributed by atoms with Gasteiger partial charge in [0, 0.05) is 30.3 Å². The second kappa shape index (κ2) is 14.3. The van der Waals surface area contributed by atoms with Crippen LogP contribution in [-0.4, -0.2) is 45.3 Å². The predicted octanol–water partition coefficient (Wildman–Crippen LogP) is 4.44. The van der Waals surface area contributed by atoms with Crippen LogP contribution in [0.5, 0.6) is 11.5 Å². The van der Waals surface area contributed by atoms with Crippen molar-refractivity contribution in [3.05, 3.63) is 152 Å². The van der Waals surface area contributed by atoms with E-state index in [1.54, 1.807) is 0 Å². The van der Waals surface area contributed by atoms with Gasteiger partial charge in [-0.1, -0.05) is 60.7 Å². The number of hydrogen-bond acceptors (Lipinski definition) is 9. The summed E-state index contributed by atoms with van der Waals surface area (Å²) in [5.74, 6) is -2.32. The van der Waals surface area contributed by atoms with Gasteiger partial charge >= 0.3 is 0 Å². The summed E-state index contributed by atoms with van der Waals surface area (Å²) in [4.78, 5) is 52.4. The molecule has 0 aliphatic rings. The van der Waals surface area contributed by atoms with Gasteiger partial charge in [0.25, 0.3) is 11.8 Å². The van der Waals surface area contributed by atoms with Crippen LogP contribution in [0.4, 0.5) is 0 Å². The lowest BCUT2D eigenvalue weighted by atomic mass is 9.93. The van der Waals surface area contributed by atoms with Crippen LogP contribution in [-0.2, 0) is 12.8 Å². The highest BCUT2D eigenvalue weighted by Crippen LogP contribution is 2.21. The van der Waals surface area contributed by atoms with E-state index in [0.717, 1.165) is 23.3 Å². The van der Waals surface area contributed by atoms with Crippen LogP contribution in [0.3, 0.4) is 0 Å². The van der Waals surface area contributed by atoms with Gasteiger partial charge in [-0.15, -0.1) is 0 Å². The number of phenols is 2. The molecule has 2 amide bonds. The fraction of sp³-hybridized carbons (Fsp3) is 0.158. The number of benzene rings is 4. The van der Waals surface area contributed by atoms with E-state index in [0.29, 0.717) is 0 Å². The second-order valence-electron chi connectivity index (χ2n) is 11.7. The fourth-order valence-corrected chi connectivity index (χ4v) is 5.71. The Morgan fingerprint density at radius 2 is 1.08 bits per heavy atom. The first-order chi connectivity index (χ1) is 23.6. The third-order valence-corrected chi connectivity index (χ3v) is 8.14. The summed E-state index contributed by atoms with van der Waals surface area (Å²) in [6, 6.07) is 26.9. The third-order valence-electron chi connectivity index (χ3n) is 8.14. The highest BCUT2D eigenvalue weighted by atomic mass is 16.4. The summed E-state index contributed by atoms with van der Waals surface area (Å²) in [6.07, 6.45) is -0.777. The number of aromatic hydroxyl groups is 2. The predicted molar refractivity (Wildman–Crippen MR) is 182 cm³/mol. The van der Waals surface area contributed by atoms with Crippen molar-refractivity contribution in [2.45, 2.75) is 37.5 Å². The number of carbonyl (C=O) groups is 2. The Balaban J connectivity index is 1.28. The van der Waals surface area contributed by atoms with Crippen molar-refractivity contribution in [2.24, 2.45) is 0 Å². The number of aliphatic hydroxyl groups excluding tert-OH is 1. The Labute approximate surface area is 279 Å². The Morgan fingerprint density at radius 1 is 0.612 bits per heavy atom. The van der Waals surface area contributed by atoms with Crippen molar-refractivity contribution in [3.8, 4) is 11.5 Å². The number of hydrogen-bond donors (Lipinski definition) is 5. The summed E-state index contributed by atoms with van der Waals surface area (Å²) in [5.41, 5.74) is 0.786. The lowest BCUT2D eigenvalue weighted by Gasteiger charge is -2.28. The molecule has 4 aromatic carbocycles. The molecule has 0 fully saturated rings. The molecule has 2 aromatic heterocycles. The average molecular weight is 661 g/mol. The minimum atomic E-state index is -1.23. The molecule has 0 bridgehead atoms. The van der Waals surface area contributed by atoms with Gasteiger partial charge in [-0.3, -0.25) is 19.2 Å². The van der Waals surface area contributed by atoms with Crippen molar-refractivity contribution in [2.75, 3.05) is 0 Å². The maximum absolute atomic E-state index is 13.5. The lowest BCUT2D eigenvalue weighted by Crippen LogP contribution is -2.48. The molecular formula is C38H32N2O9. The van der Waals surface area contributed by atoms with Gasteiger partial charge in [-0.05, 0) is 54.7 Å². The standard InChI is InChI=1S/C38H32N2O9/c41-25-11-13-27-30(43)20-35(48-33(27)18-25)37(46)39-24(15-22-7-3-1-4-8-22)17-32(45)29(16-23-9-5-2-6-10-23)40-38(47)36-21-31(44)28-14-12-26(42)19-34(28)49-36/h1-14,18-21,24,29,32,41-42,45H,15-17H2,(H,39,46)(H,40,47)/t24-,29-,32-/m0/s1. The SMILES string of the molecule is O=C(N[C@@H](Cc1ccccc1)C[C@H](O)[C@H](Cc1ccccc1)NC(=O)c1cc(=O)c2ccc(O)cc2o1)c1cc(=O)c2ccc(O)cc2o1. The molecule has 0 unspecified atom stereocenters. The smallest absolute Gasteiger partial charge is 0.287 e. The van der Waals surface area contributed by atoms with Crippen LogP contribution >= 0.6 is 0 Å². The molecule has 248 valence electrons. The minimum absolute atomic E-state index is 0.0269. The van der Waals surface area contributed by atoms with Crippen molar-refractivity contribution in [1.82, 2.24) is 10.6 Å². The zero-order valence-electron chi connectivity index (χ0n) is 26.0. The van der Waals surface area contributed by atoms with Gasteiger partial charge in [-0.2, -0.15) is 0 Å². The van der Waals surface area contributed by atoms with Crippen LogP contribution in [0.1, 0.15) is 38.7 Å². The zero-order chi connectivity index (χ0) is 34.5. The van der Waals surface area contributed by atoms with E-state index in [2.05, 4.69) is 10.6 Å². The average Bonchev–Trinajstić information content (AvgIpc) is 3.08. The van der Waals surface area contributed by atoms with Crippen LogP contribution in [0.25, 0.3) is 21.9 Å². The number of amides is 2. The van der Waals surface area contributed by atoms with Crippen molar-refractivity contribution < 1.29 is 33.7 Å². The van der Waals surface area contributed by atoms with Crippen LogP contribution < -0.4 is 21.5 Å². The first-order valence-electron chi connectivity index (χ1n) is 15.5. The monoisotopic (exact) mass is 660 g/mol. The Hall–Kier alpha value is -6.20. The van der Waals surface area contributed by atoms with E-state index in [9.17, 15) is 34.5 Å². The normalized spacial score (nSPS) is 13.1. The number of aliphatic hydroxyl groups is 1. The summed E-state index contributed by atoms with van der Waals surface area (Å²) in [7, 11) is 0. The Bertz CT molecular complexity index is 2250. The first-order valence-corrected chi connectivity index (χ1v) is 15.5. The zero-order valence-corrected chi connectivity index (χ0v) is 26.0. The topological polar surface area (TPSA) is 179 Å². The molecule has 49 heavy (non-hydrogen) atoms. The van der Waals surface area contributed by atoms with Gasteiger partial charge < -0.3 is 34.8 Å². The fourth-order valence-electron chi connectivity index (χ4n) is 5.71. The van der Waals surface area contributed by atoms with Gasteiger partial charge in [0.1, 0.15) is 22.7 Å². The quantitative estimate of drug-likeness (QED) is 0.134. The molecule has 0 aliphatic heterocycles. The lowest BCUT2D eigenvalue weighted by molar-refractivity contribution is 0.0733. The largest absolute Gasteiger partial charge is 0.508 e. The highest BCUT2D eigenvalue weighted by Gasteiger charge is 2.28. The van der Waals surface area contributed by atoms with E-state index in [1.165, 1.54) is 36.4 Å². The summed E-state index contributed by atoms with van der Waals surface area (Å²) < 4.78 is 11.3. The molecule has 5 N–H and O–H groups in total. The number of fused-ring (bicyclic) bond motifs is 2. The maximum atomic E-state index is 13.5. The van der Waals surface area contributed by atoms with Crippen molar-refractivity contribution in [1.29, 1.82) is 0 Å². The number of carbonyl (C=O) groups excluding carboxylic acids is 2. The van der Waals surface area contributed by atoms with Crippen LogP contribution in [0, 0.1) is 0 Å². The molecule has 0 saturated carbocycles. The maximum Gasteiger partial charge on any atom is 0.287 e. The van der Waals surface area contributed by atoms with E-state index in [1.807, 2.05) is 60.7 Å². The molecule has 0 radical (unpaired) electrons. The Morgan fingerprint density at radius 3 is 1.59 bits per heavy atom. The van der Waals surface area contributed by atoms with Crippen molar-refractivity contribution >= 4 is 33.8 Å². The molecule has 3 atom stereocenters. The molecule has 0 spiro atoms. The third kappa shape index (κ3) is 7.86. The van der Waals surface area contributed by atoms with Crippen LogP contribution in [0.2, 0.25) is 0 Å². The van der Waals surface area contributed by atoms with E-state index in [-0.39, 0.29) is 64.2 Å². The van der Waals surface area contributed by atoms with E-state index >= 15 is 0 Å². The molecule has 11 nitrogen and oxygen atoms in total. The molecule has 0 aliphatic carbocycles. The Kier molecular flexibility index (Phi) is 9.54. The molecule has 11 heteroatoms. The van der Waals surface area contributed by atoms with E-state index in [4.69, 9.17) is 8.83 Å². The van der Waals surface area contributed by atoms with Gasteiger partial charge in [-0.25, -0.2) is 0 Å². The second-order valence-corrected chi connectivity index (χ2v) is 11.7. The molecular weight excluding hydrogens is 628 g/mol. The molecule has 6 aromatic rings. The van der Waals surface area contributed by atoms with Crippen LogP contribution in [0.15, 0.2) is 128 Å². The summed E-state index contributed by atoms with van der Waals surface area (Å²) in [6.45, 7) is 0. The van der Waals surface area contributed by atoms with E-state index < -0.39 is 40.9 Å². The van der Waals surface area contributed by atoms with Gasteiger partial charge in [0.05, 0.1) is 22.9 Å². The number of rotatable bonds is 11. The highest BCUT2D eigenvalue weighted by molar-refractivity contribution is 5.94. The molecule has 6 rings (SSSR count). The summed E-state index contributed by atoms with van der Waals surface area (Å²) in [5, 5.41) is 37.5. The number of nitrogens with one attached hydrogen (secondary N) is 2. The molecule has 0 saturated heterocycles. The van der Waals surface area contributed by atoms with Crippen molar-refractivity contribution in [3.63, 3.8) is 0 Å². The number of phenolic OH excluding ortho intramolecular Hbond substituents is 2. The first kappa shape index (κ1) is 32.7. The molecule has 2 heterocycles. The van der Waals surface area contributed by atoms with Gasteiger partial charge in [0.2, 0.25) is 0 Å².